The van der Waals surface area contributed by atoms with E-state index in [0.717, 1.165) is 30.4 Å². The summed E-state index contributed by atoms with van der Waals surface area (Å²) in [5.41, 5.74) is 1.79. The zero-order valence-corrected chi connectivity index (χ0v) is 16.2. The van der Waals surface area contributed by atoms with Gasteiger partial charge in [-0.3, -0.25) is 9.59 Å². The molecule has 1 heterocycles. The minimum absolute atomic E-state index is 0.0119. The van der Waals surface area contributed by atoms with E-state index in [9.17, 15) is 9.59 Å². The molecule has 0 radical (unpaired) electrons. The van der Waals surface area contributed by atoms with Crippen molar-refractivity contribution in [3.63, 3.8) is 0 Å². The summed E-state index contributed by atoms with van der Waals surface area (Å²) in [4.78, 5) is 29.0. The predicted molar refractivity (Wildman–Crippen MR) is 105 cm³/mol. The molecule has 0 saturated carbocycles. The van der Waals surface area contributed by atoms with Crippen molar-refractivity contribution in [1.82, 2.24) is 4.98 Å². The van der Waals surface area contributed by atoms with Crippen LogP contribution in [0.1, 0.15) is 60.3 Å². The molecule has 0 aliphatic heterocycles. The van der Waals surface area contributed by atoms with Crippen molar-refractivity contribution in [2.24, 2.45) is 0 Å². The van der Waals surface area contributed by atoms with Crippen molar-refractivity contribution in [1.29, 1.82) is 0 Å². The highest BCUT2D eigenvalue weighted by atomic mass is 32.1. The summed E-state index contributed by atoms with van der Waals surface area (Å²) in [6.45, 7) is 5.14. The van der Waals surface area contributed by atoms with Gasteiger partial charge in [0.25, 0.3) is 0 Å². The highest BCUT2D eigenvalue weighted by molar-refractivity contribution is 7.17. The van der Waals surface area contributed by atoms with Crippen molar-refractivity contribution >= 4 is 28.2 Å². The maximum atomic E-state index is 12.7. The van der Waals surface area contributed by atoms with E-state index in [1.165, 1.54) is 11.3 Å². The van der Waals surface area contributed by atoms with Gasteiger partial charge in [0.15, 0.2) is 5.13 Å². The van der Waals surface area contributed by atoms with Gasteiger partial charge >= 0.3 is 5.97 Å². The summed E-state index contributed by atoms with van der Waals surface area (Å²) in [6.07, 6.45) is 5.49. The smallest absolute Gasteiger partial charge is 0.305 e. The van der Waals surface area contributed by atoms with Gasteiger partial charge < -0.3 is 10.1 Å². The van der Waals surface area contributed by atoms with Crippen molar-refractivity contribution < 1.29 is 14.3 Å². The molecule has 6 heteroatoms. The Balaban J connectivity index is 1.79. The number of ether oxygens (including phenoxy) is 1. The van der Waals surface area contributed by atoms with Crippen molar-refractivity contribution in [2.75, 3.05) is 18.5 Å². The van der Waals surface area contributed by atoms with Crippen LogP contribution < -0.4 is 5.32 Å². The van der Waals surface area contributed by atoms with E-state index in [-0.39, 0.29) is 11.8 Å². The number of nitrogens with one attached hydrogen (secondary N) is 1. The van der Waals surface area contributed by atoms with E-state index in [4.69, 9.17) is 4.74 Å². The lowest BCUT2D eigenvalue weighted by atomic mass is 10.0. The fourth-order valence-electron chi connectivity index (χ4n) is 2.49. The first-order valence-electron chi connectivity index (χ1n) is 9.13. The van der Waals surface area contributed by atoms with E-state index < -0.39 is 0 Å². The lowest BCUT2D eigenvalue weighted by Gasteiger charge is -2.05. The van der Waals surface area contributed by atoms with Gasteiger partial charge in [-0.1, -0.05) is 55.9 Å². The van der Waals surface area contributed by atoms with E-state index in [1.807, 2.05) is 38.1 Å². The third-order valence-electron chi connectivity index (χ3n) is 3.97. The van der Waals surface area contributed by atoms with Gasteiger partial charge in [-0.15, -0.1) is 0 Å². The molecule has 2 rings (SSSR count). The maximum Gasteiger partial charge on any atom is 0.305 e. The minimum Gasteiger partial charge on any atom is -0.466 e. The molecule has 0 amide bonds. The Bertz CT molecular complexity index is 727. The summed E-state index contributed by atoms with van der Waals surface area (Å²) >= 11 is 1.35. The molecular formula is C20H26N2O3S. The van der Waals surface area contributed by atoms with Gasteiger partial charge in [0.1, 0.15) is 0 Å². The van der Waals surface area contributed by atoms with Crippen molar-refractivity contribution in [2.45, 2.75) is 46.0 Å². The molecule has 0 fully saturated rings. The molecule has 140 valence electrons. The number of carbonyl (C=O) groups is 2. The average molecular weight is 375 g/mol. The fraction of sp³-hybridized carbons (Fsp3) is 0.450. The number of carbonyl (C=O) groups excluding carboxylic acids is 2. The number of esters is 1. The molecule has 0 saturated heterocycles. The van der Waals surface area contributed by atoms with Crippen LogP contribution in [0.15, 0.2) is 30.5 Å². The average Bonchev–Trinajstić information content (AvgIpc) is 3.14. The Labute approximate surface area is 158 Å². The van der Waals surface area contributed by atoms with Crippen LogP contribution in [0.2, 0.25) is 0 Å². The number of nitrogens with zero attached hydrogens (tertiary/aromatic N) is 1. The molecule has 0 unspecified atom stereocenters. The number of benzene rings is 1. The molecule has 1 N–H and O–H groups in total. The number of unbranched alkanes of at least 4 members (excludes halogenated alkanes) is 1. The number of aromatic nitrogens is 1. The number of anilines is 1. The number of aryl methyl sites for hydroxylation is 1. The quantitative estimate of drug-likeness (QED) is 0.357. The molecule has 0 aliphatic rings. The van der Waals surface area contributed by atoms with E-state index in [2.05, 4.69) is 10.3 Å². The Kier molecular flexibility index (Phi) is 8.28. The topological polar surface area (TPSA) is 68.3 Å². The first-order chi connectivity index (χ1) is 12.7. The number of ketones is 1. The van der Waals surface area contributed by atoms with Crippen LogP contribution in [-0.4, -0.2) is 29.9 Å². The summed E-state index contributed by atoms with van der Waals surface area (Å²) in [6, 6.07) is 7.68. The van der Waals surface area contributed by atoms with E-state index in [0.29, 0.717) is 36.0 Å². The van der Waals surface area contributed by atoms with Crippen LogP contribution >= 0.6 is 11.3 Å². The largest absolute Gasteiger partial charge is 0.466 e. The van der Waals surface area contributed by atoms with E-state index in [1.54, 1.807) is 6.20 Å². The van der Waals surface area contributed by atoms with Crippen LogP contribution in [0.5, 0.6) is 0 Å². The van der Waals surface area contributed by atoms with Gasteiger partial charge in [-0.2, -0.15) is 0 Å². The van der Waals surface area contributed by atoms with Gasteiger partial charge in [-0.05, 0) is 24.8 Å². The lowest BCUT2D eigenvalue weighted by Crippen LogP contribution is -2.09. The monoisotopic (exact) mass is 374 g/mol. The van der Waals surface area contributed by atoms with Gasteiger partial charge in [0.2, 0.25) is 5.78 Å². The minimum atomic E-state index is -0.136. The van der Waals surface area contributed by atoms with Crippen LogP contribution in [-0.2, 0) is 16.0 Å². The van der Waals surface area contributed by atoms with Crippen LogP contribution in [0.25, 0.3) is 0 Å². The molecule has 0 bridgehead atoms. The van der Waals surface area contributed by atoms with Crippen LogP contribution in [0.4, 0.5) is 5.13 Å². The highest BCUT2D eigenvalue weighted by Gasteiger charge is 2.15. The number of rotatable bonds is 11. The normalized spacial score (nSPS) is 10.5. The second-order valence-electron chi connectivity index (χ2n) is 5.97. The van der Waals surface area contributed by atoms with Crippen LogP contribution in [0, 0.1) is 0 Å². The fourth-order valence-corrected chi connectivity index (χ4v) is 3.29. The Hall–Kier alpha value is -2.21. The Morgan fingerprint density at radius 2 is 2.00 bits per heavy atom. The predicted octanol–water partition coefficient (Wildman–Crippen LogP) is 4.47. The molecule has 0 spiro atoms. The van der Waals surface area contributed by atoms with Crippen molar-refractivity contribution in [3.05, 3.63) is 46.5 Å². The molecule has 0 aliphatic carbocycles. The first-order valence-corrected chi connectivity index (χ1v) is 9.95. The summed E-state index contributed by atoms with van der Waals surface area (Å²) in [5.74, 6) is -0.124. The molecule has 1 aromatic heterocycles. The maximum absolute atomic E-state index is 12.7. The summed E-state index contributed by atoms with van der Waals surface area (Å²) in [5, 5.41) is 3.89. The molecule has 5 nitrogen and oxygen atoms in total. The van der Waals surface area contributed by atoms with E-state index >= 15 is 0 Å². The standard InChI is InChI=1S/C20H26N2O3S/c1-3-5-11-18(23)25-13-8-12-21-20-22-14-17(26-20)19(24)16-10-7-6-9-15(16)4-2/h6-7,9-10,14H,3-5,8,11-13H2,1-2H3,(H,21,22). The molecular weight excluding hydrogens is 348 g/mol. The third kappa shape index (κ3) is 5.95. The molecule has 26 heavy (non-hydrogen) atoms. The third-order valence-corrected chi connectivity index (χ3v) is 4.92. The number of thiazole rings is 1. The van der Waals surface area contributed by atoms with Gasteiger partial charge in [0, 0.05) is 18.5 Å². The zero-order chi connectivity index (χ0) is 18.8. The van der Waals surface area contributed by atoms with Crippen molar-refractivity contribution in [3.8, 4) is 0 Å². The molecule has 1 aromatic carbocycles. The van der Waals surface area contributed by atoms with Gasteiger partial charge in [-0.25, -0.2) is 4.98 Å². The number of hydrogen-bond donors (Lipinski definition) is 1. The van der Waals surface area contributed by atoms with Gasteiger partial charge in [0.05, 0.1) is 17.7 Å². The molecule has 0 atom stereocenters. The second-order valence-corrected chi connectivity index (χ2v) is 7.00. The Morgan fingerprint density at radius 1 is 1.19 bits per heavy atom. The lowest BCUT2D eigenvalue weighted by molar-refractivity contribution is -0.143. The molecule has 2 aromatic rings. The van der Waals surface area contributed by atoms with Crippen LogP contribution in [0.3, 0.4) is 0 Å². The highest BCUT2D eigenvalue weighted by Crippen LogP contribution is 2.23. The second kappa shape index (κ2) is 10.7. The SMILES string of the molecule is CCCCC(=O)OCCCNc1ncc(C(=O)c2ccccc2CC)s1. The first kappa shape index (κ1) is 20.1. The summed E-state index contributed by atoms with van der Waals surface area (Å²) in [7, 11) is 0. The number of hydrogen-bond acceptors (Lipinski definition) is 6. The summed E-state index contributed by atoms with van der Waals surface area (Å²) < 4.78 is 5.16. The zero-order valence-electron chi connectivity index (χ0n) is 15.4. The Morgan fingerprint density at radius 3 is 2.77 bits per heavy atom.